The summed E-state index contributed by atoms with van der Waals surface area (Å²) in [6.07, 6.45) is 1.19. The SMILES string of the molecule is COC(=O)C1=NN[C@]2(C(=O)OC)[C@](C)(C1)CN(C(=O)c1ccccc1)[C@@]21C=NN(c2cccc(Cl)c2)C1=O. The first-order valence-corrected chi connectivity index (χ1v) is 12.1. The van der Waals surface area contributed by atoms with Gasteiger partial charge in [-0.1, -0.05) is 42.8 Å². The Balaban J connectivity index is 1.74. The summed E-state index contributed by atoms with van der Waals surface area (Å²) >= 11 is 6.17. The molecule has 0 saturated carbocycles. The van der Waals surface area contributed by atoms with Gasteiger partial charge in [0.25, 0.3) is 11.8 Å². The molecule has 1 spiro atoms. The van der Waals surface area contributed by atoms with E-state index in [4.69, 9.17) is 21.1 Å². The minimum absolute atomic E-state index is 0.00719. The van der Waals surface area contributed by atoms with Gasteiger partial charge in [0.2, 0.25) is 0 Å². The van der Waals surface area contributed by atoms with E-state index in [2.05, 4.69) is 15.6 Å². The fourth-order valence-electron chi connectivity index (χ4n) is 5.67. The third-order valence-electron chi connectivity index (χ3n) is 7.44. The highest BCUT2D eigenvalue weighted by atomic mass is 35.5. The van der Waals surface area contributed by atoms with Gasteiger partial charge in [-0.15, -0.1) is 0 Å². The van der Waals surface area contributed by atoms with E-state index in [0.29, 0.717) is 16.3 Å². The first-order valence-electron chi connectivity index (χ1n) is 11.7. The number of hydrazone groups is 2. The number of amides is 2. The topological polar surface area (TPSA) is 130 Å². The van der Waals surface area contributed by atoms with Crippen molar-refractivity contribution in [1.82, 2.24) is 10.3 Å². The lowest BCUT2D eigenvalue weighted by atomic mass is 9.61. The number of methoxy groups -OCH3 is 2. The zero-order chi connectivity index (χ0) is 27.3. The summed E-state index contributed by atoms with van der Waals surface area (Å²) < 4.78 is 10.1. The van der Waals surface area contributed by atoms with Gasteiger partial charge in [-0.2, -0.15) is 15.2 Å². The minimum Gasteiger partial charge on any atom is -0.467 e. The summed E-state index contributed by atoms with van der Waals surface area (Å²) in [5, 5.41) is 9.98. The molecule has 5 rings (SSSR count). The molecular formula is C26H24ClN5O6. The molecule has 1 fully saturated rings. The van der Waals surface area contributed by atoms with Crippen molar-refractivity contribution < 1.29 is 28.7 Å². The number of hydrogen-bond donors (Lipinski definition) is 1. The first kappa shape index (κ1) is 25.4. The Morgan fingerprint density at radius 2 is 1.79 bits per heavy atom. The van der Waals surface area contributed by atoms with E-state index in [1.165, 1.54) is 25.3 Å². The van der Waals surface area contributed by atoms with E-state index in [1.54, 1.807) is 61.5 Å². The van der Waals surface area contributed by atoms with Gasteiger partial charge in [0, 0.05) is 29.0 Å². The number of halogens is 1. The molecule has 0 radical (unpaired) electrons. The number of ether oxygens (including phenoxy) is 2. The van der Waals surface area contributed by atoms with Crippen molar-refractivity contribution in [2.75, 3.05) is 25.8 Å². The van der Waals surface area contributed by atoms with Crippen LogP contribution < -0.4 is 10.4 Å². The van der Waals surface area contributed by atoms with Crippen molar-refractivity contribution in [2.24, 2.45) is 15.6 Å². The summed E-state index contributed by atoms with van der Waals surface area (Å²) in [6, 6.07) is 14.8. The van der Waals surface area contributed by atoms with Gasteiger partial charge >= 0.3 is 11.9 Å². The van der Waals surface area contributed by atoms with Crippen LogP contribution in [0, 0.1) is 5.41 Å². The predicted octanol–water partition coefficient (Wildman–Crippen LogP) is 2.01. The molecule has 38 heavy (non-hydrogen) atoms. The molecule has 2 aromatic rings. The highest BCUT2D eigenvalue weighted by Crippen LogP contribution is 2.56. The fraction of sp³-hybridized carbons (Fsp3) is 0.308. The smallest absolute Gasteiger partial charge is 0.354 e. The van der Waals surface area contributed by atoms with Gasteiger partial charge in [0.1, 0.15) is 5.71 Å². The van der Waals surface area contributed by atoms with Crippen molar-refractivity contribution in [3.63, 3.8) is 0 Å². The summed E-state index contributed by atoms with van der Waals surface area (Å²) in [6.45, 7) is 1.58. The lowest BCUT2D eigenvalue weighted by Gasteiger charge is -2.48. The third-order valence-corrected chi connectivity index (χ3v) is 7.67. The standard InChI is InChI=1S/C26H24ClN5O6/c1-24-13-19(21(34)37-2)29-30-26(24,23(36)38-3)25(31(15-24)20(33)16-8-5-4-6-9-16)14-28-32(22(25)35)18-11-7-10-17(27)12-18/h4-12,14,30H,13,15H2,1-3H3/t24-,25-,26-/m1/s1. The number of hydrogen-bond acceptors (Lipinski definition) is 9. The van der Waals surface area contributed by atoms with Crippen LogP contribution in [-0.4, -0.2) is 72.4 Å². The van der Waals surface area contributed by atoms with Crippen LogP contribution in [0.1, 0.15) is 23.7 Å². The number of fused-ring (bicyclic) bond motifs is 2. The second-order valence-corrected chi connectivity index (χ2v) is 9.94. The maximum atomic E-state index is 14.5. The van der Waals surface area contributed by atoms with Crippen molar-refractivity contribution >= 4 is 53.0 Å². The van der Waals surface area contributed by atoms with Gasteiger partial charge in [0.15, 0.2) is 11.1 Å². The predicted molar refractivity (Wildman–Crippen MR) is 138 cm³/mol. The lowest BCUT2D eigenvalue weighted by Crippen LogP contribution is -2.77. The quantitative estimate of drug-likeness (QED) is 0.590. The number of likely N-dealkylation sites (tertiary alicyclic amines) is 1. The Hall–Kier alpha value is -4.25. The van der Waals surface area contributed by atoms with Crippen LogP contribution in [0.2, 0.25) is 5.02 Å². The molecule has 11 nitrogen and oxygen atoms in total. The molecule has 3 heterocycles. The van der Waals surface area contributed by atoms with Gasteiger partial charge < -0.3 is 14.4 Å². The van der Waals surface area contributed by atoms with Gasteiger partial charge in [-0.3, -0.25) is 15.0 Å². The lowest BCUT2D eigenvalue weighted by molar-refractivity contribution is -0.159. The molecule has 2 amide bonds. The zero-order valence-electron chi connectivity index (χ0n) is 20.8. The number of rotatable bonds is 4. The molecule has 12 heteroatoms. The van der Waals surface area contributed by atoms with E-state index in [-0.39, 0.29) is 18.7 Å². The van der Waals surface area contributed by atoms with Crippen LogP contribution in [-0.2, 0) is 23.9 Å². The number of carbonyl (C=O) groups excluding carboxylic acids is 4. The minimum atomic E-state index is -2.00. The molecule has 1 N–H and O–H groups in total. The van der Waals surface area contributed by atoms with E-state index < -0.39 is 40.2 Å². The Bertz CT molecular complexity index is 1410. The average molecular weight is 538 g/mol. The maximum Gasteiger partial charge on any atom is 0.354 e. The highest BCUT2D eigenvalue weighted by Gasteiger charge is 2.81. The summed E-state index contributed by atoms with van der Waals surface area (Å²) in [7, 11) is 2.39. The maximum absolute atomic E-state index is 14.5. The van der Waals surface area contributed by atoms with Crippen LogP contribution in [0.5, 0.6) is 0 Å². The second kappa shape index (κ2) is 8.95. The number of anilines is 1. The fourth-order valence-corrected chi connectivity index (χ4v) is 5.86. The molecule has 0 aliphatic carbocycles. The van der Waals surface area contributed by atoms with Gasteiger partial charge in [0.05, 0.1) is 26.1 Å². The van der Waals surface area contributed by atoms with Crippen LogP contribution >= 0.6 is 11.6 Å². The Morgan fingerprint density at radius 1 is 1.05 bits per heavy atom. The van der Waals surface area contributed by atoms with Crippen molar-refractivity contribution in [3.8, 4) is 0 Å². The van der Waals surface area contributed by atoms with E-state index in [9.17, 15) is 19.2 Å². The first-order chi connectivity index (χ1) is 18.1. The number of nitrogens with one attached hydrogen (secondary N) is 1. The van der Waals surface area contributed by atoms with E-state index in [0.717, 1.165) is 5.01 Å². The average Bonchev–Trinajstić information content (AvgIpc) is 3.40. The van der Waals surface area contributed by atoms with Crippen LogP contribution in [0.3, 0.4) is 0 Å². The molecule has 3 atom stereocenters. The number of nitrogens with zero attached hydrogens (tertiary/aromatic N) is 4. The van der Waals surface area contributed by atoms with Crippen molar-refractivity contribution in [2.45, 2.75) is 24.4 Å². The van der Waals surface area contributed by atoms with Gasteiger partial charge in [-0.25, -0.2) is 9.59 Å². The number of carbonyl (C=O) groups is 4. The van der Waals surface area contributed by atoms with Crippen LogP contribution in [0.25, 0.3) is 0 Å². The Morgan fingerprint density at radius 3 is 2.45 bits per heavy atom. The number of esters is 2. The van der Waals surface area contributed by atoms with Crippen LogP contribution in [0.15, 0.2) is 64.8 Å². The molecule has 1 saturated heterocycles. The zero-order valence-corrected chi connectivity index (χ0v) is 21.6. The summed E-state index contributed by atoms with van der Waals surface area (Å²) in [5.74, 6) is -2.75. The van der Waals surface area contributed by atoms with E-state index >= 15 is 0 Å². The molecule has 2 aromatic carbocycles. The molecule has 0 unspecified atom stereocenters. The summed E-state index contributed by atoms with van der Waals surface area (Å²) in [5.41, 5.74) is -1.76. The normalized spacial score (nSPS) is 27.6. The molecule has 196 valence electrons. The molecule has 0 aromatic heterocycles. The largest absolute Gasteiger partial charge is 0.467 e. The second-order valence-electron chi connectivity index (χ2n) is 9.51. The molecule has 0 bridgehead atoms. The monoisotopic (exact) mass is 537 g/mol. The summed E-state index contributed by atoms with van der Waals surface area (Å²) in [4.78, 5) is 56.0. The molecule has 3 aliphatic rings. The van der Waals surface area contributed by atoms with Crippen molar-refractivity contribution in [3.05, 3.63) is 65.2 Å². The van der Waals surface area contributed by atoms with Gasteiger partial charge in [-0.05, 0) is 30.3 Å². The third kappa shape index (κ3) is 3.27. The Labute approximate surface area is 223 Å². The van der Waals surface area contributed by atoms with Crippen molar-refractivity contribution in [1.29, 1.82) is 0 Å². The van der Waals surface area contributed by atoms with Crippen LogP contribution in [0.4, 0.5) is 5.69 Å². The van der Waals surface area contributed by atoms with E-state index in [1.807, 2.05) is 0 Å². The Kier molecular flexibility index (Phi) is 5.98. The molecular weight excluding hydrogens is 514 g/mol. The number of benzene rings is 2. The highest BCUT2D eigenvalue weighted by molar-refractivity contribution is 6.37. The molecule has 3 aliphatic heterocycles.